The Labute approximate surface area is 84.5 Å². The van der Waals surface area contributed by atoms with Gasteiger partial charge in [0.15, 0.2) is 0 Å². The molecule has 5 aliphatic rings. The molecule has 1 heteroatoms. The molecule has 1 aliphatic heterocycles. The van der Waals surface area contributed by atoms with Crippen molar-refractivity contribution in [2.75, 3.05) is 13.2 Å². The van der Waals surface area contributed by atoms with Crippen LogP contribution in [0, 0.1) is 34.5 Å². The van der Waals surface area contributed by atoms with Crippen LogP contribution < -0.4 is 0 Å². The summed E-state index contributed by atoms with van der Waals surface area (Å²) in [4.78, 5) is 0. The average Bonchev–Trinajstić information content (AvgIpc) is 2.64. The second-order valence-electron chi connectivity index (χ2n) is 6.19. The van der Waals surface area contributed by atoms with Crippen LogP contribution in [0.3, 0.4) is 0 Å². The van der Waals surface area contributed by atoms with Crippen molar-refractivity contribution in [3.8, 4) is 0 Å². The zero-order chi connectivity index (χ0) is 8.97. The third-order valence-corrected chi connectivity index (χ3v) is 6.31. The Morgan fingerprint density at radius 3 is 3.21 bits per heavy atom. The molecule has 4 fully saturated rings. The van der Waals surface area contributed by atoms with Crippen molar-refractivity contribution in [3.63, 3.8) is 0 Å². The van der Waals surface area contributed by atoms with E-state index in [9.17, 15) is 0 Å². The summed E-state index contributed by atoms with van der Waals surface area (Å²) in [6.45, 7) is 2.14. The minimum atomic E-state index is 0.531. The molecule has 5 rings (SSSR count). The van der Waals surface area contributed by atoms with Gasteiger partial charge in [-0.15, -0.1) is 0 Å². The summed E-state index contributed by atoms with van der Waals surface area (Å²) in [5.41, 5.74) is 1.17. The molecule has 0 aromatic carbocycles. The smallest absolute Gasteiger partial charge is 0.0566 e. The van der Waals surface area contributed by atoms with Gasteiger partial charge in [-0.2, -0.15) is 0 Å². The minimum Gasteiger partial charge on any atom is -0.380 e. The monoisotopic (exact) mass is 188 g/mol. The predicted octanol–water partition coefficient (Wildman–Crippen LogP) is 2.24. The molecule has 6 atom stereocenters. The van der Waals surface area contributed by atoms with Gasteiger partial charge in [0.1, 0.15) is 0 Å². The lowest BCUT2D eigenvalue weighted by Gasteiger charge is -2.32. The Balaban J connectivity index is 1.79. The van der Waals surface area contributed by atoms with E-state index in [1.54, 1.807) is 0 Å². The van der Waals surface area contributed by atoms with E-state index in [2.05, 4.69) is 12.2 Å². The predicted molar refractivity (Wildman–Crippen MR) is 52.6 cm³/mol. The summed E-state index contributed by atoms with van der Waals surface area (Å²) in [6.07, 6.45) is 9.62. The van der Waals surface area contributed by atoms with E-state index in [0.717, 1.165) is 36.9 Å². The summed E-state index contributed by atoms with van der Waals surface area (Å²) in [7, 11) is 0. The molecule has 1 heterocycles. The van der Waals surface area contributed by atoms with Crippen molar-refractivity contribution in [1.29, 1.82) is 0 Å². The molecule has 0 N–H and O–H groups in total. The van der Waals surface area contributed by atoms with Crippen LogP contribution in [-0.2, 0) is 4.74 Å². The summed E-state index contributed by atoms with van der Waals surface area (Å²) in [5.74, 6) is 4.07. The van der Waals surface area contributed by atoms with Crippen molar-refractivity contribution in [2.24, 2.45) is 34.5 Å². The van der Waals surface area contributed by atoms with Crippen LogP contribution in [0.15, 0.2) is 12.2 Å². The van der Waals surface area contributed by atoms with Crippen molar-refractivity contribution >= 4 is 0 Å². The van der Waals surface area contributed by atoms with Crippen LogP contribution in [0.4, 0.5) is 0 Å². The zero-order valence-corrected chi connectivity index (χ0v) is 8.41. The van der Waals surface area contributed by atoms with Crippen LogP contribution in [0.5, 0.6) is 0 Å². The summed E-state index contributed by atoms with van der Waals surface area (Å²) < 4.78 is 5.84. The van der Waals surface area contributed by atoms with Crippen molar-refractivity contribution in [1.82, 2.24) is 0 Å². The van der Waals surface area contributed by atoms with E-state index in [1.165, 1.54) is 19.3 Å². The third kappa shape index (κ3) is 0.417. The van der Waals surface area contributed by atoms with Gasteiger partial charge >= 0.3 is 0 Å². The van der Waals surface area contributed by atoms with Gasteiger partial charge in [0.25, 0.3) is 0 Å². The number of rotatable bonds is 0. The van der Waals surface area contributed by atoms with Crippen LogP contribution in [-0.4, -0.2) is 13.2 Å². The second kappa shape index (κ2) is 1.73. The third-order valence-electron chi connectivity index (χ3n) is 6.31. The van der Waals surface area contributed by atoms with Gasteiger partial charge in [-0.3, -0.25) is 0 Å². The van der Waals surface area contributed by atoms with Crippen molar-refractivity contribution < 1.29 is 4.74 Å². The molecule has 14 heavy (non-hydrogen) atoms. The fraction of sp³-hybridized carbons (Fsp3) is 0.846. The lowest BCUT2D eigenvalue weighted by Crippen LogP contribution is -2.32. The van der Waals surface area contributed by atoms with Crippen molar-refractivity contribution in [3.05, 3.63) is 12.2 Å². The van der Waals surface area contributed by atoms with E-state index in [1.807, 2.05) is 0 Å². The Hall–Kier alpha value is -0.300. The molecule has 74 valence electrons. The van der Waals surface area contributed by atoms with Gasteiger partial charge < -0.3 is 4.74 Å². The van der Waals surface area contributed by atoms with Gasteiger partial charge in [0.2, 0.25) is 0 Å². The zero-order valence-electron chi connectivity index (χ0n) is 8.41. The summed E-state index contributed by atoms with van der Waals surface area (Å²) >= 11 is 0. The summed E-state index contributed by atoms with van der Waals surface area (Å²) in [6, 6.07) is 0. The number of ether oxygens (including phenoxy) is 1. The number of hydrogen-bond acceptors (Lipinski definition) is 1. The van der Waals surface area contributed by atoms with E-state index in [4.69, 9.17) is 4.74 Å². The highest BCUT2D eigenvalue weighted by atomic mass is 16.5. The lowest BCUT2D eigenvalue weighted by molar-refractivity contribution is 0.128. The Kier molecular flexibility index (Phi) is 0.872. The van der Waals surface area contributed by atoms with Crippen molar-refractivity contribution in [2.45, 2.75) is 19.3 Å². The molecular weight excluding hydrogens is 172 g/mol. The number of hydrogen-bond donors (Lipinski definition) is 0. The molecule has 1 saturated heterocycles. The molecule has 4 aliphatic carbocycles. The van der Waals surface area contributed by atoms with Gasteiger partial charge in [0.05, 0.1) is 13.2 Å². The molecule has 3 saturated carbocycles. The van der Waals surface area contributed by atoms with E-state index in [0.29, 0.717) is 10.8 Å². The van der Waals surface area contributed by atoms with Crippen LogP contribution in [0.2, 0.25) is 0 Å². The Morgan fingerprint density at radius 1 is 1.21 bits per heavy atom. The second-order valence-corrected chi connectivity index (χ2v) is 6.19. The highest BCUT2D eigenvalue weighted by Gasteiger charge is 2.86. The summed E-state index contributed by atoms with van der Waals surface area (Å²) in [5, 5.41) is 0. The topological polar surface area (TPSA) is 9.23 Å². The first-order chi connectivity index (χ1) is 6.90. The molecular formula is C13H16O. The van der Waals surface area contributed by atoms with E-state index < -0.39 is 0 Å². The normalized spacial score (nSPS) is 70.9. The first-order valence-corrected chi connectivity index (χ1v) is 6.17. The molecule has 0 aromatic heterocycles. The quantitative estimate of drug-likeness (QED) is 0.530. The van der Waals surface area contributed by atoms with Crippen LogP contribution in [0.1, 0.15) is 19.3 Å². The molecule has 0 radical (unpaired) electrons. The maximum absolute atomic E-state index is 5.84. The maximum atomic E-state index is 5.84. The molecule has 1 spiro atoms. The highest BCUT2D eigenvalue weighted by Crippen LogP contribution is 2.87. The molecule has 0 bridgehead atoms. The molecule has 1 unspecified atom stereocenters. The van der Waals surface area contributed by atoms with E-state index >= 15 is 0 Å². The van der Waals surface area contributed by atoms with Crippen LogP contribution in [0.25, 0.3) is 0 Å². The van der Waals surface area contributed by atoms with Gasteiger partial charge in [-0.05, 0) is 36.5 Å². The first-order valence-electron chi connectivity index (χ1n) is 6.17. The average molecular weight is 188 g/mol. The van der Waals surface area contributed by atoms with Gasteiger partial charge in [0, 0.05) is 10.8 Å². The standard InChI is InChI=1S/C13H16O/c1-2-8-9(3-1)12-5-4-10-11(8)13(10,12)7-14-6-12/h4-5,8-11H,1-3,6-7H2/t8-,9+,10?,11-,12+,13-/m1/s1. The molecule has 0 amide bonds. The highest BCUT2D eigenvalue weighted by molar-refractivity contribution is 5.43. The Bertz CT molecular complexity index is 360. The van der Waals surface area contributed by atoms with Crippen LogP contribution >= 0.6 is 0 Å². The largest absolute Gasteiger partial charge is 0.380 e. The minimum absolute atomic E-state index is 0.531. The molecule has 1 nitrogen and oxygen atoms in total. The Morgan fingerprint density at radius 2 is 2.21 bits per heavy atom. The maximum Gasteiger partial charge on any atom is 0.0566 e. The first kappa shape index (κ1) is 7.05. The fourth-order valence-electron chi connectivity index (χ4n) is 6.02. The van der Waals surface area contributed by atoms with Gasteiger partial charge in [-0.25, -0.2) is 0 Å². The molecule has 0 aromatic rings. The number of fused-ring (bicyclic) bond motifs is 3. The SMILES string of the molecule is C1=C[C@@]23COC[C@]24C1[C@H]4[C@@H]1CCC[C@@H]13. The number of allylic oxidation sites excluding steroid dienone is 1. The lowest BCUT2D eigenvalue weighted by atomic mass is 9.70. The van der Waals surface area contributed by atoms with Gasteiger partial charge in [-0.1, -0.05) is 18.6 Å². The fourth-order valence-corrected chi connectivity index (χ4v) is 6.02. The van der Waals surface area contributed by atoms with E-state index in [-0.39, 0.29) is 0 Å².